The smallest absolute Gasteiger partial charge is 0.337 e. The maximum Gasteiger partial charge on any atom is 0.337 e. The zero-order valence-electron chi connectivity index (χ0n) is 10.5. The number of hydrogen-bond donors (Lipinski definition) is 0. The molecule has 0 amide bonds. The summed E-state index contributed by atoms with van der Waals surface area (Å²) >= 11 is 0. The Kier molecular flexibility index (Phi) is 3.67. The van der Waals surface area contributed by atoms with Gasteiger partial charge in [-0.25, -0.2) is 4.79 Å². The van der Waals surface area contributed by atoms with Crippen molar-refractivity contribution in [1.29, 1.82) is 0 Å². The van der Waals surface area contributed by atoms with E-state index in [1.54, 1.807) is 0 Å². The van der Waals surface area contributed by atoms with Gasteiger partial charge in [-0.3, -0.25) is 0 Å². The molecule has 0 saturated carbocycles. The number of hydrogen-bond acceptors (Lipinski definition) is 3. The topological polar surface area (TPSA) is 29.5 Å². The van der Waals surface area contributed by atoms with Crippen LogP contribution in [0.15, 0.2) is 24.3 Å². The van der Waals surface area contributed by atoms with E-state index in [2.05, 4.69) is 16.6 Å². The van der Waals surface area contributed by atoms with Crippen molar-refractivity contribution < 1.29 is 9.53 Å². The Morgan fingerprint density at radius 3 is 2.35 bits per heavy atom. The number of rotatable bonds is 2. The molecule has 1 aliphatic heterocycles. The highest BCUT2D eigenvalue weighted by Gasteiger charge is 2.16. The molecule has 3 nitrogen and oxygen atoms in total. The molecule has 0 aromatic heterocycles. The van der Waals surface area contributed by atoms with E-state index in [-0.39, 0.29) is 5.97 Å². The van der Waals surface area contributed by atoms with Crippen LogP contribution in [0.3, 0.4) is 0 Å². The largest absolute Gasteiger partial charge is 0.465 e. The number of carbonyl (C=O) groups is 1. The van der Waals surface area contributed by atoms with Gasteiger partial charge in [0.15, 0.2) is 0 Å². The van der Waals surface area contributed by atoms with E-state index in [4.69, 9.17) is 0 Å². The van der Waals surface area contributed by atoms with Gasteiger partial charge in [0.25, 0.3) is 0 Å². The maximum absolute atomic E-state index is 11.3. The van der Waals surface area contributed by atoms with E-state index in [1.807, 2.05) is 24.3 Å². The molecule has 1 aliphatic rings. The molecule has 1 aromatic rings. The number of nitrogens with zero attached hydrogens (tertiary/aromatic N) is 1. The Morgan fingerprint density at radius 2 is 1.82 bits per heavy atom. The van der Waals surface area contributed by atoms with E-state index < -0.39 is 0 Å². The number of ether oxygens (including phenoxy) is 1. The molecule has 2 rings (SSSR count). The molecule has 1 saturated heterocycles. The fourth-order valence-electron chi connectivity index (χ4n) is 2.19. The van der Waals surface area contributed by atoms with Crippen LogP contribution >= 0.6 is 0 Å². The monoisotopic (exact) mass is 233 g/mol. The van der Waals surface area contributed by atoms with Gasteiger partial charge in [0.05, 0.1) is 12.7 Å². The lowest BCUT2D eigenvalue weighted by atomic mass is 9.99. The Labute approximate surface area is 102 Å². The second-order valence-corrected chi connectivity index (χ2v) is 4.71. The number of piperidine rings is 1. The maximum atomic E-state index is 11.3. The Balaban J connectivity index is 2.05. The highest BCUT2D eigenvalue weighted by molar-refractivity contribution is 5.89. The minimum Gasteiger partial charge on any atom is -0.465 e. The van der Waals surface area contributed by atoms with E-state index in [0.29, 0.717) is 5.56 Å². The lowest BCUT2D eigenvalue weighted by Crippen LogP contribution is -2.32. The number of carbonyl (C=O) groups excluding carboxylic acids is 1. The Bertz CT molecular complexity index is 378. The van der Waals surface area contributed by atoms with E-state index in [0.717, 1.165) is 19.0 Å². The van der Waals surface area contributed by atoms with Crippen LogP contribution in [0.25, 0.3) is 0 Å². The van der Waals surface area contributed by atoms with Crippen LogP contribution in [0.2, 0.25) is 0 Å². The summed E-state index contributed by atoms with van der Waals surface area (Å²) in [6, 6.07) is 7.67. The first kappa shape index (κ1) is 12.0. The van der Waals surface area contributed by atoms with Crippen molar-refractivity contribution >= 4 is 11.7 Å². The molecule has 0 bridgehead atoms. The van der Waals surface area contributed by atoms with Gasteiger partial charge >= 0.3 is 5.97 Å². The standard InChI is InChI=1S/C14H19NO2/c1-11-7-9-15(10-8-11)13-5-3-12(4-6-13)14(16)17-2/h3-6,11H,7-10H2,1-2H3. The van der Waals surface area contributed by atoms with Crippen molar-refractivity contribution in [1.82, 2.24) is 0 Å². The van der Waals surface area contributed by atoms with E-state index >= 15 is 0 Å². The fourth-order valence-corrected chi connectivity index (χ4v) is 2.19. The summed E-state index contributed by atoms with van der Waals surface area (Å²) in [6.45, 7) is 4.52. The van der Waals surface area contributed by atoms with Gasteiger partial charge < -0.3 is 9.64 Å². The molecule has 1 aromatic carbocycles. The molecule has 3 heteroatoms. The van der Waals surface area contributed by atoms with Crippen molar-refractivity contribution in [3.05, 3.63) is 29.8 Å². The summed E-state index contributed by atoms with van der Waals surface area (Å²) in [4.78, 5) is 13.7. The highest BCUT2D eigenvalue weighted by Crippen LogP contribution is 2.23. The summed E-state index contributed by atoms with van der Waals surface area (Å²) in [5.74, 6) is 0.560. The van der Waals surface area contributed by atoms with Crippen molar-refractivity contribution in [3.8, 4) is 0 Å². The predicted octanol–water partition coefficient (Wildman–Crippen LogP) is 2.71. The molecule has 1 heterocycles. The van der Waals surface area contributed by atoms with Crippen LogP contribution in [-0.2, 0) is 4.74 Å². The number of benzene rings is 1. The van der Waals surface area contributed by atoms with Gasteiger partial charge in [-0.15, -0.1) is 0 Å². The lowest BCUT2D eigenvalue weighted by Gasteiger charge is -2.32. The second-order valence-electron chi connectivity index (χ2n) is 4.71. The SMILES string of the molecule is COC(=O)c1ccc(N2CCC(C)CC2)cc1. The molecule has 0 radical (unpaired) electrons. The highest BCUT2D eigenvalue weighted by atomic mass is 16.5. The molecule has 17 heavy (non-hydrogen) atoms. The predicted molar refractivity (Wildman–Crippen MR) is 68.4 cm³/mol. The van der Waals surface area contributed by atoms with Gasteiger partial charge in [-0.1, -0.05) is 6.92 Å². The van der Waals surface area contributed by atoms with Crippen LogP contribution in [0, 0.1) is 5.92 Å². The molecule has 0 N–H and O–H groups in total. The van der Waals surface area contributed by atoms with Crippen LogP contribution in [0.4, 0.5) is 5.69 Å². The van der Waals surface area contributed by atoms with Gasteiger partial charge in [-0.2, -0.15) is 0 Å². The Hall–Kier alpha value is -1.51. The molecule has 0 spiro atoms. The zero-order chi connectivity index (χ0) is 12.3. The minimum atomic E-state index is -0.274. The van der Waals surface area contributed by atoms with Crippen molar-refractivity contribution in [2.45, 2.75) is 19.8 Å². The molecule has 0 aliphatic carbocycles. The van der Waals surface area contributed by atoms with Crippen LogP contribution in [-0.4, -0.2) is 26.2 Å². The molecular formula is C14H19NO2. The van der Waals surface area contributed by atoms with Gasteiger partial charge in [0.2, 0.25) is 0 Å². The lowest BCUT2D eigenvalue weighted by molar-refractivity contribution is 0.0601. The van der Waals surface area contributed by atoms with Crippen LogP contribution < -0.4 is 4.90 Å². The first-order valence-electron chi connectivity index (χ1n) is 6.14. The number of methoxy groups -OCH3 is 1. The summed E-state index contributed by atoms with van der Waals surface area (Å²) in [5.41, 5.74) is 1.81. The molecule has 1 fully saturated rings. The third kappa shape index (κ3) is 2.78. The average Bonchev–Trinajstić information content (AvgIpc) is 2.39. The van der Waals surface area contributed by atoms with Gasteiger partial charge in [0.1, 0.15) is 0 Å². The van der Waals surface area contributed by atoms with Crippen molar-refractivity contribution in [2.75, 3.05) is 25.1 Å². The second kappa shape index (κ2) is 5.21. The van der Waals surface area contributed by atoms with E-state index in [9.17, 15) is 4.79 Å². The first-order valence-corrected chi connectivity index (χ1v) is 6.14. The summed E-state index contributed by atoms with van der Waals surface area (Å²) in [6.07, 6.45) is 2.50. The molecular weight excluding hydrogens is 214 g/mol. The summed E-state index contributed by atoms with van der Waals surface area (Å²) in [7, 11) is 1.41. The minimum absolute atomic E-state index is 0.274. The first-order chi connectivity index (χ1) is 8.20. The quantitative estimate of drug-likeness (QED) is 0.736. The number of esters is 1. The summed E-state index contributed by atoms with van der Waals surface area (Å²) < 4.78 is 4.68. The average molecular weight is 233 g/mol. The Morgan fingerprint density at radius 1 is 1.24 bits per heavy atom. The molecule has 0 unspecified atom stereocenters. The third-order valence-electron chi connectivity index (χ3n) is 3.44. The van der Waals surface area contributed by atoms with Crippen LogP contribution in [0.5, 0.6) is 0 Å². The fraction of sp³-hybridized carbons (Fsp3) is 0.500. The molecule has 0 atom stereocenters. The molecule has 92 valence electrons. The zero-order valence-corrected chi connectivity index (χ0v) is 10.5. The van der Waals surface area contributed by atoms with Crippen molar-refractivity contribution in [2.24, 2.45) is 5.92 Å². The summed E-state index contributed by atoms with van der Waals surface area (Å²) in [5, 5.41) is 0. The normalized spacial score (nSPS) is 16.9. The van der Waals surface area contributed by atoms with Gasteiger partial charge in [0, 0.05) is 18.8 Å². The number of anilines is 1. The van der Waals surface area contributed by atoms with Crippen LogP contribution in [0.1, 0.15) is 30.1 Å². The van der Waals surface area contributed by atoms with Gasteiger partial charge in [-0.05, 0) is 43.0 Å². The van der Waals surface area contributed by atoms with E-state index in [1.165, 1.54) is 25.6 Å². The third-order valence-corrected chi connectivity index (χ3v) is 3.44. The van der Waals surface area contributed by atoms with Crippen molar-refractivity contribution in [3.63, 3.8) is 0 Å².